The number of rotatable bonds is 3. The van der Waals surface area contributed by atoms with Gasteiger partial charge in [0.1, 0.15) is 23.9 Å². The summed E-state index contributed by atoms with van der Waals surface area (Å²) >= 11 is 6.64. The molecule has 1 aliphatic heterocycles. The van der Waals surface area contributed by atoms with Crippen molar-refractivity contribution >= 4 is 35.5 Å². The molecule has 0 aromatic heterocycles. The quantitative estimate of drug-likeness (QED) is 0.235. The third-order valence-electron chi connectivity index (χ3n) is 7.61. The van der Waals surface area contributed by atoms with Crippen molar-refractivity contribution in [1.82, 2.24) is 0 Å². The first kappa shape index (κ1) is 28.9. The molecule has 1 saturated heterocycles. The average Bonchev–Trinajstić information content (AvgIpc) is 3.00. The van der Waals surface area contributed by atoms with E-state index in [-0.39, 0.29) is 5.57 Å². The molecule has 0 bridgehead atoms. The van der Waals surface area contributed by atoms with Crippen LogP contribution in [0.15, 0.2) is 36.5 Å². The van der Waals surface area contributed by atoms with Crippen LogP contribution in [0.5, 0.6) is 0 Å². The van der Waals surface area contributed by atoms with Gasteiger partial charge in [-0.05, 0) is 31.6 Å². The first-order valence-corrected chi connectivity index (χ1v) is 12.3. The Kier molecular flexibility index (Phi) is 7.71. The SMILES string of the molecule is C=C1/C=C\[C@@H](OC(C)=O)[C@@]2(C)C=C[C@@H](OC(C)=O)[C@@](C)(O)[C@@H]2[C@@H](OC(C)=O)[C@]2(O)[C@@H](C)C(=O)O[C@H]2[C@H]1Cl. The lowest BCUT2D eigenvalue weighted by molar-refractivity contribution is -0.242. The number of fused-ring (bicyclic) bond motifs is 2. The van der Waals surface area contributed by atoms with Gasteiger partial charge in [0.15, 0.2) is 11.7 Å². The van der Waals surface area contributed by atoms with Crippen molar-refractivity contribution < 1.29 is 48.3 Å². The van der Waals surface area contributed by atoms with E-state index in [0.717, 1.165) is 13.8 Å². The van der Waals surface area contributed by atoms with Crippen LogP contribution in [0.4, 0.5) is 0 Å². The first-order chi connectivity index (χ1) is 17.0. The number of allylic oxidation sites excluding steroid dienone is 1. The second-order valence-corrected chi connectivity index (χ2v) is 10.8. The summed E-state index contributed by atoms with van der Waals surface area (Å²) in [5.41, 5.74) is -5.44. The Morgan fingerprint density at radius 1 is 1.00 bits per heavy atom. The van der Waals surface area contributed by atoms with Crippen LogP contribution in [-0.4, -0.2) is 75.1 Å². The Hall–Kier alpha value is -2.69. The topological polar surface area (TPSA) is 146 Å². The molecule has 0 aromatic rings. The lowest BCUT2D eigenvalue weighted by Gasteiger charge is -2.56. The Labute approximate surface area is 220 Å². The molecule has 3 rings (SSSR count). The lowest BCUT2D eigenvalue weighted by atomic mass is 9.55. The molecular weight excluding hydrogens is 508 g/mol. The molecular formula is C26H33ClO10. The number of carbonyl (C=O) groups excluding carboxylic acids is 4. The zero-order valence-corrected chi connectivity index (χ0v) is 22.4. The number of aliphatic hydroxyl groups is 2. The summed E-state index contributed by atoms with van der Waals surface area (Å²) in [7, 11) is 0. The third kappa shape index (κ3) is 4.82. The zero-order chi connectivity index (χ0) is 28.1. The molecule has 0 saturated carbocycles. The summed E-state index contributed by atoms with van der Waals surface area (Å²) in [5, 5.41) is 23.1. The fourth-order valence-electron chi connectivity index (χ4n) is 5.76. The Morgan fingerprint density at radius 2 is 1.54 bits per heavy atom. The minimum atomic E-state index is -2.27. The molecule has 37 heavy (non-hydrogen) atoms. The molecule has 10 nitrogen and oxygen atoms in total. The van der Waals surface area contributed by atoms with Gasteiger partial charge in [0.2, 0.25) is 0 Å². The molecule has 2 aliphatic carbocycles. The number of halogens is 1. The molecule has 0 amide bonds. The van der Waals surface area contributed by atoms with Gasteiger partial charge in [-0.25, -0.2) is 0 Å². The van der Waals surface area contributed by atoms with Crippen LogP contribution in [0.25, 0.3) is 0 Å². The molecule has 204 valence electrons. The van der Waals surface area contributed by atoms with E-state index in [9.17, 15) is 29.4 Å². The van der Waals surface area contributed by atoms with Gasteiger partial charge in [-0.3, -0.25) is 19.2 Å². The fraction of sp³-hybridized carbons (Fsp3) is 0.615. The van der Waals surface area contributed by atoms with Crippen LogP contribution in [0.1, 0.15) is 41.5 Å². The normalized spacial score (nSPS) is 44.1. The molecule has 3 aliphatic rings. The van der Waals surface area contributed by atoms with E-state index in [1.165, 1.54) is 39.0 Å². The number of hydrogen-bond donors (Lipinski definition) is 2. The second-order valence-electron chi connectivity index (χ2n) is 10.3. The van der Waals surface area contributed by atoms with Gasteiger partial charge in [-0.1, -0.05) is 25.7 Å². The molecule has 1 fully saturated rings. The first-order valence-electron chi connectivity index (χ1n) is 11.8. The highest BCUT2D eigenvalue weighted by atomic mass is 35.5. The second kappa shape index (κ2) is 9.89. The number of alkyl halides is 1. The van der Waals surface area contributed by atoms with Crippen molar-refractivity contribution in [2.24, 2.45) is 17.3 Å². The molecule has 2 N–H and O–H groups in total. The molecule has 0 aromatic carbocycles. The third-order valence-corrected chi connectivity index (χ3v) is 8.12. The van der Waals surface area contributed by atoms with Gasteiger partial charge in [-0.15, -0.1) is 11.6 Å². The minimum absolute atomic E-state index is 0.233. The molecule has 0 spiro atoms. The number of ether oxygens (including phenoxy) is 4. The van der Waals surface area contributed by atoms with Gasteiger partial charge in [0.05, 0.1) is 11.3 Å². The highest BCUT2D eigenvalue weighted by Crippen LogP contribution is 2.55. The van der Waals surface area contributed by atoms with Crippen molar-refractivity contribution in [3.63, 3.8) is 0 Å². The zero-order valence-electron chi connectivity index (χ0n) is 21.6. The highest BCUT2D eigenvalue weighted by molar-refractivity contribution is 6.23. The molecule has 1 heterocycles. The van der Waals surface area contributed by atoms with Crippen molar-refractivity contribution in [2.75, 3.05) is 0 Å². The summed E-state index contributed by atoms with van der Waals surface area (Å²) in [6.07, 6.45) is 0.581. The van der Waals surface area contributed by atoms with E-state index in [2.05, 4.69) is 6.58 Å². The highest BCUT2D eigenvalue weighted by Gasteiger charge is 2.70. The predicted octanol–water partition coefficient (Wildman–Crippen LogP) is 1.75. The van der Waals surface area contributed by atoms with E-state index in [1.54, 1.807) is 13.0 Å². The predicted molar refractivity (Wildman–Crippen MR) is 130 cm³/mol. The van der Waals surface area contributed by atoms with Gasteiger partial charge in [0.25, 0.3) is 0 Å². The van der Waals surface area contributed by atoms with Crippen molar-refractivity contribution in [1.29, 1.82) is 0 Å². The van der Waals surface area contributed by atoms with Crippen molar-refractivity contribution in [3.05, 3.63) is 36.5 Å². The summed E-state index contributed by atoms with van der Waals surface area (Å²) in [5.74, 6) is -5.56. The van der Waals surface area contributed by atoms with Crippen LogP contribution in [0, 0.1) is 17.3 Å². The summed E-state index contributed by atoms with van der Waals surface area (Å²) in [4.78, 5) is 49.3. The van der Waals surface area contributed by atoms with Gasteiger partial charge in [0, 0.05) is 32.1 Å². The summed E-state index contributed by atoms with van der Waals surface area (Å²) in [6, 6.07) is 0. The van der Waals surface area contributed by atoms with Crippen LogP contribution in [0.2, 0.25) is 0 Å². The average molecular weight is 541 g/mol. The van der Waals surface area contributed by atoms with Crippen molar-refractivity contribution in [2.45, 2.75) is 82.5 Å². The van der Waals surface area contributed by atoms with Crippen LogP contribution in [-0.2, 0) is 38.1 Å². The summed E-state index contributed by atoms with van der Waals surface area (Å²) < 4.78 is 22.2. The lowest BCUT2D eigenvalue weighted by Crippen LogP contribution is -2.70. The fourth-order valence-corrected chi connectivity index (χ4v) is 6.08. The molecule has 10 atom stereocenters. The number of esters is 4. The van der Waals surface area contributed by atoms with Gasteiger partial charge in [-0.2, -0.15) is 0 Å². The van der Waals surface area contributed by atoms with Crippen LogP contribution >= 0.6 is 11.6 Å². The smallest absolute Gasteiger partial charge is 0.312 e. The Balaban J connectivity index is 2.42. The number of hydrogen-bond acceptors (Lipinski definition) is 10. The standard InChI is InChI=1S/C26H33ClO10/c1-12-8-9-17(34-14(3)28)24(6)11-10-18(35-15(4)29)25(7,32)20(24)22(36-16(5)30)26(33)13(2)23(31)37-21(26)19(12)27/h8-11,13,17-22,32-33H,1H2,2-7H3/b9-8-/t13-,17+,18+,19-,20+,21-,22+,24+,25+,26-/m0/s1. The maximum absolute atomic E-state index is 12.8. The van der Waals surface area contributed by atoms with E-state index in [4.69, 9.17) is 30.5 Å². The van der Waals surface area contributed by atoms with Crippen molar-refractivity contribution in [3.8, 4) is 0 Å². The minimum Gasteiger partial charge on any atom is -0.459 e. The maximum Gasteiger partial charge on any atom is 0.312 e. The Morgan fingerprint density at radius 3 is 2.08 bits per heavy atom. The van der Waals surface area contributed by atoms with E-state index in [1.807, 2.05) is 0 Å². The van der Waals surface area contributed by atoms with Crippen LogP contribution in [0.3, 0.4) is 0 Å². The van der Waals surface area contributed by atoms with Crippen LogP contribution < -0.4 is 0 Å². The van der Waals surface area contributed by atoms with Gasteiger partial charge >= 0.3 is 23.9 Å². The van der Waals surface area contributed by atoms with E-state index < -0.39 is 82.1 Å². The largest absolute Gasteiger partial charge is 0.459 e. The maximum atomic E-state index is 12.8. The molecule has 0 unspecified atom stereocenters. The molecule has 0 radical (unpaired) electrons. The molecule has 11 heteroatoms. The Bertz CT molecular complexity index is 1060. The van der Waals surface area contributed by atoms with Gasteiger partial charge < -0.3 is 29.2 Å². The number of carbonyl (C=O) groups is 4. The van der Waals surface area contributed by atoms with E-state index >= 15 is 0 Å². The monoisotopic (exact) mass is 540 g/mol. The summed E-state index contributed by atoms with van der Waals surface area (Å²) in [6.45, 7) is 11.8. The van der Waals surface area contributed by atoms with E-state index in [0.29, 0.717) is 0 Å².